The quantitative estimate of drug-likeness (QED) is 0.936. The Kier molecular flexibility index (Phi) is 4.60. The second-order valence-electron chi connectivity index (χ2n) is 5.95. The van der Waals surface area contributed by atoms with Crippen LogP contribution in [0.2, 0.25) is 0 Å². The van der Waals surface area contributed by atoms with E-state index in [1.165, 1.54) is 5.56 Å². The molecule has 0 bridgehead atoms. The first-order chi connectivity index (χ1) is 11.6. The minimum atomic E-state index is -0.0888. The van der Waals surface area contributed by atoms with Crippen LogP contribution in [0.1, 0.15) is 18.1 Å². The summed E-state index contributed by atoms with van der Waals surface area (Å²) in [5.41, 5.74) is 3.09. The second-order valence-corrected chi connectivity index (χ2v) is 5.95. The van der Waals surface area contributed by atoms with Gasteiger partial charge in [0.15, 0.2) is 11.5 Å². The number of carbonyl (C=O) groups excluding carboxylic acids is 1. The number of hydrogen-bond donors (Lipinski definition) is 1. The number of nitrogens with one attached hydrogen (secondary N) is 1. The number of benzene rings is 2. The lowest BCUT2D eigenvalue weighted by molar-refractivity contribution is 0.182. The monoisotopic (exact) mass is 326 g/mol. The van der Waals surface area contributed by atoms with Gasteiger partial charge < -0.3 is 19.7 Å². The maximum atomic E-state index is 12.6. The van der Waals surface area contributed by atoms with Crippen molar-refractivity contribution in [3.8, 4) is 11.5 Å². The van der Waals surface area contributed by atoms with Crippen molar-refractivity contribution in [3.63, 3.8) is 0 Å². The first-order valence-corrected chi connectivity index (χ1v) is 7.98. The highest BCUT2D eigenvalue weighted by Gasteiger charge is 2.28. The van der Waals surface area contributed by atoms with Crippen LogP contribution in [-0.4, -0.2) is 31.2 Å². The van der Waals surface area contributed by atoms with Crippen LogP contribution in [0.15, 0.2) is 42.5 Å². The van der Waals surface area contributed by atoms with Crippen LogP contribution in [0.5, 0.6) is 11.5 Å². The summed E-state index contributed by atoms with van der Waals surface area (Å²) in [6, 6.07) is 13.5. The summed E-state index contributed by atoms with van der Waals surface area (Å²) in [6.07, 6.45) is 0.790. The standard InChI is InChI=1S/C19H22N2O3/c1-13-9-14-10-17(23-2)18(24-3)11-15(14)12-21(13)19(22)20-16-7-5-4-6-8-16/h4-8,10-11,13H,9,12H2,1-3H3,(H,20,22). The third-order valence-corrected chi connectivity index (χ3v) is 4.38. The fourth-order valence-corrected chi connectivity index (χ4v) is 3.06. The molecule has 0 saturated heterocycles. The van der Waals surface area contributed by atoms with Gasteiger partial charge in [-0.05, 0) is 48.7 Å². The van der Waals surface area contributed by atoms with Gasteiger partial charge in [-0.3, -0.25) is 0 Å². The van der Waals surface area contributed by atoms with Gasteiger partial charge in [-0.15, -0.1) is 0 Å². The fourth-order valence-electron chi connectivity index (χ4n) is 3.06. The summed E-state index contributed by atoms with van der Waals surface area (Å²) in [4.78, 5) is 14.5. The number of amides is 2. The van der Waals surface area contributed by atoms with Gasteiger partial charge in [-0.2, -0.15) is 0 Å². The van der Waals surface area contributed by atoms with E-state index in [2.05, 4.69) is 12.2 Å². The molecule has 24 heavy (non-hydrogen) atoms. The molecule has 2 aromatic carbocycles. The van der Waals surface area contributed by atoms with Crippen molar-refractivity contribution in [2.24, 2.45) is 0 Å². The summed E-state index contributed by atoms with van der Waals surface area (Å²) in [6.45, 7) is 2.61. The first kappa shape index (κ1) is 16.2. The predicted octanol–water partition coefficient (Wildman–Crippen LogP) is 3.68. The highest BCUT2D eigenvalue weighted by molar-refractivity contribution is 5.89. The lowest BCUT2D eigenvalue weighted by atomic mass is 9.94. The van der Waals surface area contributed by atoms with E-state index < -0.39 is 0 Å². The summed E-state index contributed by atoms with van der Waals surface area (Å²) in [5, 5.41) is 2.96. The Bertz CT molecular complexity index is 731. The Morgan fingerprint density at radius 2 is 1.71 bits per heavy atom. The molecule has 0 saturated carbocycles. The first-order valence-electron chi connectivity index (χ1n) is 7.98. The normalized spacial score (nSPS) is 16.3. The van der Waals surface area contributed by atoms with Crippen molar-refractivity contribution in [2.45, 2.75) is 25.9 Å². The number of rotatable bonds is 3. The zero-order valence-corrected chi connectivity index (χ0v) is 14.2. The number of methoxy groups -OCH3 is 2. The van der Waals surface area contributed by atoms with Crippen LogP contribution in [0.25, 0.3) is 0 Å². The molecule has 1 aliphatic rings. The Balaban J connectivity index is 1.82. The Labute approximate surface area is 142 Å². The molecule has 1 unspecified atom stereocenters. The van der Waals surface area contributed by atoms with E-state index in [1.54, 1.807) is 14.2 Å². The average Bonchev–Trinajstić information content (AvgIpc) is 2.60. The van der Waals surface area contributed by atoms with E-state index in [0.29, 0.717) is 12.3 Å². The van der Waals surface area contributed by atoms with Gasteiger partial charge in [0.05, 0.1) is 14.2 Å². The lowest BCUT2D eigenvalue weighted by Gasteiger charge is -2.35. The average molecular weight is 326 g/mol. The van der Waals surface area contributed by atoms with Gasteiger partial charge in [-0.25, -0.2) is 4.79 Å². The zero-order chi connectivity index (χ0) is 17.1. The van der Waals surface area contributed by atoms with Crippen molar-refractivity contribution in [3.05, 3.63) is 53.6 Å². The van der Waals surface area contributed by atoms with Gasteiger partial charge in [0.25, 0.3) is 0 Å². The van der Waals surface area contributed by atoms with Gasteiger partial charge >= 0.3 is 6.03 Å². The molecule has 1 N–H and O–H groups in total. The summed E-state index contributed by atoms with van der Waals surface area (Å²) >= 11 is 0. The maximum Gasteiger partial charge on any atom is 0.322 e. The van der Waals surface area contributed by atoms with Crippen molar-refractivity contribution in [2.75, 3.05) is 19.5 Å². The highest BCUT2D eigenvalue weighted by Crippen LogP contribution is 2.34. The van der Waals surface area contributed by atoms with Crippen LogP contribution >= 0.6 is 0 Å². The van der Waals surface area contributed by atoms with Crippen molar-refractivity contribution in [1.82, 2.24) is 4.90 Å². The number of hydrogen-bond acceptors (Lipinski definition) is 3. The molecular formula is C19H22N2O3. The van der Waals surface area contributed by atoms with E-state index in [0.717, 1.165) is 23.4 Å². The molecule has 1 atom stereocenters. The molecule has 2 amide bonds. The molecule has 2 aromatic rings. The molecule has 1 aliphatic heterocycles. The Morgan fingerprint density at radius 1 is 1.08 bits per heavy atom. The number of fused-ring (bicyclic) bond motifs is 1. The molecule has 0 spiro atoms. The number of anilines is 1. The van der Waals surface area contributed by atoms with Crippen LogP contribution in [-0.2, 0) is 13.0 Å². The van der Waals surface area contributed by atoms with E-state index in [-0.39, 0.29) is 12.1 Å². The third-order valence-electron chi connectivity index (χ3n) is 4.38. The van der Waals surface area contributed by atoms with E-state index in [1.807, 2.05) is 47.4 Å². The van der Waals surface area contributed by atoms with Gasteiger partial charge in [0.1, 0.15) is 0 Å². The Hall–Kier alpha value is -2.69. The van der Waals surface area contributed by atoms with Crippen molar-refractivity contribution < 1.29 is 14.3 Å². The van der Waals surface area contributed by atoms with E-state index in [4.69, 9.17) is 9.47 Å². The number of urea groups is 1. The van der Waals surface area contributed by atoms with Crippen LogP contribution in [0.4, 0.5) is 10.5 Å². The maximum absolute atomic E-state index is 12.6. The van der Waals surface area contributed by atoms with Crippen molar-refractivity contribution >= 4 is 11.7 Å². The topological polar surface area (TPSA) is 50.8 Å². The van der Waals surface area contributed by atoms with Gasteiger partial charge in [0, 0.05) is 18.3 Å². The molecule has 5 heteroatoms. The Morgan fingerprint density at radius 3 is 2.33 bits per heavy atom. The number of ether oxygens (including phenoxy) is 2. The summed E-state index contributed by atoms with van der Waals surface area (Å²) in [5.74, 6) is 1.42. The molecule has 0 fully saturated rings. The lowest BCUT2D eigenvalue weighted by Crippen LogP contribution is -2.44. The molecule has 0 aromatic heterocycles. The predicted molar refractivity (Wildman–Crippen MR) is 93.7 cm³/mol. The number of nitrogens with zero attached hydrogens (tertiary/aromatic N) is 1. The minimum Gasteiger partial charge on any atom is -0.493 e. The SMILES string of the molecule is COc1cc2c(cc1OC)CN(C(=O)Nc1ccccc1)C(C)C2. The van der Waals surface area contributed by atoms with E-state index in [9.17, 15) is 4.79 Å². The van der Waals surface area contributed by atoms with Gasteiger partial charge in [0.2, 0.25) is 0 Å². The van der Waals surface area contributed by atoms with Gasteiger partial charge in [-0.1, -0.05) is 18.2 Å². The van der Waals surface area contributed by atoms with Crippen LogP contribution in [0.3, 0.4) is 0 Å². The second kappa shape index (κ2) is 6.83. The minimum absolute atomic E-state index is 0.0888. The third kappa shape index (κ3) is 3.15. The fraction of sp³-hybridized carbons (Fsp3) is 0.316. The summed E-state index contributed by atoms with van der Waals surface area (Å²) in [7, 11) is 3.26. The zero-order valence-electron chi connectivity index (χ0n) is 14.2. The molecule has 0 radical (unpaired) electrons. The largest absolute Gasteiger partial charge is 0.493 e. The molecular weight excluding hydrogens is 304 g/mol. The number of para-hydroxylation sites is 1. The van der Waals surface area contributed by atoms with Crippen LogP contribution in [0, 0.1) is 0 Å². The van der Waals surface area contributed by atoms with Crippen molar-refractivity contribution in [1.29, 1.82) is 0 Å². The smallest absolute Gasteiger partial charge is 0.322 e. The van der Waals surface area contributed by atoms with Crippen LogP contribution < -0.4 is 14.8 Å². The van der Waals surface area contributed by atoms with E-state index >= 15 is 0 Å². The molecule has 1 heterocycles. The molecule has 0 aliphatic carbocycles. The molecule has 126 valence electrons. The number of carbonyl (C=O) groups is 1. The molecule has 3 rings (SSSR count). The summed E-state index contributed by atoms with van der Waals surface area (Å²) < 4.78 is 10.7. The highest BCUT2D eigenvalue weighted by atomic mass is 16.5. The molecule has 5 nitrogen and oxygen atoms in total.